The van der Waals surface area contributed by atoms with Gasteiger partial charge < -0.3 is 10.0 Å². The van der Waals surface area contributed by atoms with Crippen molar-refractivity contribution in [3.63, 3.8) is 0 Å². The molecule has 0 spiro atoms. The zero-order valence-electron chi connectivity index (χ0n) is 13.6. The molecular formula is C18H23N3O2. The number of aliphatic hydroxyl groups excluding tert-OH is 1. The number of H-pyrrole nitrogens is 1. The predicted molar refractivity (Wildman–Crippen MR) is 89.1 cm³/mol. The molecule has 5 heteroatoms. The first-order chi connectivity index (χ1) is 11.1. The molecule has 1 amide bonds. The topological polar surface area (TPSA) is 69.2 Å². The number of aryl methyl sites for hydroxylation is 1. The molecule has 0 bridgehead atoms. The van der Waals surface area contributed by atoms with E-state index in [1.807, 2.05) is 31.2 Å². The van der Waals surface area contributed by atoms with Gasteiger partial charge in [-0.05, 0) is 31.7 Å². The third-order valence-electron chi connectivity index (χ3n) is 4.72. The van der Waals surface area contributed by atoms with E-state index in [-0.39, 0.29) is 18.6 Å². The fourth-order valence-corrected chi connectivity index (χ4v) is 3.24. The molecule has 5 nitrogen and oxygen atoms in total. The van der Waals surface area contributed by atoms with Crippen LogP contribution in [-0.4, -0.2) is 45.3 Å². The van der Waals surface area contributed by atoms with Gasteiger partial charge >= 0.3 is 0 Å². The van der Waals surface area contributed by atoms with E-state index in [0.717, 1.165) is 24.1 Å². The molecule has 2 aromatic rings. The summed E-state index contributed by atoms with van der Waals surface area (Å²) in [4.78, 5) is 14.5. The Hall–Kier alpha value is -2.14. The van der Waals surface area contributed by atoms with Crippen molar-refractivity contribution >= 4 is 5.91 Å². The molecule has 1 fully saturated rings. The number of nitrogens with zero attached hydrogens (tertiary/aromatic N) is 2. The van der Waals surface area contributed by atoms with Gasteiger partial charge in [-0.15, -0.1) is 0 Å². The van der Waals surface area contributed by atoms with Crippen LogP contribution in [-0.2, 0) is 0 Å². The average molecular weight is 313 g/mol. The minimum Gasteiger partial charge on any atom is -0.394 e. The van der Waals surface area contributed by atoms with Crippen LogP contribution in [0.25, 0.3) is 11.3 Å². The third-order valence-corrected chi connectivity index (χ3v) is 4.72. The SMILES string of the molecule is Cc1ccc(-c2cc(C(=O)N3CCCC(C)C3CO)[nH]n2)cc1. The molecule has 2 atom stereocenters. The van der Waals surface area contributed by atoms with Crippen LogP contribution in [0.1, 0.15) is 35.8 Å². The Balaban J connectivity index is 1.82. The highest BCUT2D eigenvalue weighted by atomic mass is 16.3. The summed E-state index contributed by atoms with van der Waals surface area (Å²) in [7, 11) is 0. The second-order valence-corrected chi connectivity index (χ2v) is 6.40. The number of likely N-dealkylation sites (tertiary alicyclic amines) is 1. The molecular weight excluding hydrogens is 290 g/mol. The maximum atomic E-state index is 12.8. The standard InChI is InChI=1S/C18H23N3O2/c1-12-5-7-14(8-6-12)15-10-16(20-19-15)18(23)21-9-3-4-13(2)17(21)11-22/h5-8,10,13,17,22H,3-4,9,11H2,1-2H3,(H,19,20). The van der Waals surface area contributed by atoms with Crippen molar-refractivity contribution in [3.8, 4) is 11.3 Å². The van der Waals surface area contributed by atoms with Crippen molar-refractivity contribution in [1.29, 1.82) is 0 Å². The number of amides is 1. The van der Waals surface area contributed by atoms with Crippen LogP contribution in [0, 0.1) is 12.8 Å². The third kappa shape index (κ3) is 3.15. The molecule has 2 N–H and O–H groups in total. The first kappa shape index (κ1) is 15.7. The Labute approximate surface area is 136 Å². The van der Waals surface area contributed by atoms with Crippen molar-refractivity contribution in [1.82, 2.24) is 15.1 Å². The molecule has 3 rings (SSSR count). The van der Waals surface area contributed by atoms with Gasteiger partial charge in [0.05, 0.1) is 18.3 Å². The molecule has 1 aromatic carbocycles. The minimum atomic E-state index is -0.109. The maximum absolute atomic E-state index is 12.8. The Morgan fingerprint density at radius 1 is 1.39 bits per heavy atom. The lowest BCUT2D eigenvalue weighted by Crippen LogP contribution is -2.49. The highest BCUT2D eigenvalue weighted by Gasteiger charge is 2.32. The Kier molecular flexibility index (Phi) is 4.48. The average Bonchev–Trinajstić information content (AvgIpc) is 3.04. The number of carbonyl (C=O) groups is 1. The molecule has 2 heterocycles. The van der Waals surface area contributed by atoms with E-state index in [9.17, 15) is 9.90 Å². The number of carbonyl (C=O) groups excluding carboxylic acids is 1. The number of rotatable bonds is 3. The molecule has 1 aliphatic heterocycles. The Morgan fingerprint density at radius 3 is 2.83 bits per heavy atom. The van der Waals surface area contributed by atoms with Gasteiger partial charge in [0.2, 0.25) is 0 Å². The van der Waals surface area contributed by atoms with Crippen molar-refractivity contribution in [3.05, 3.63) is 41.6 Å². The summed E-state index contributed by atoms with van der Waals surface area (Å²) in [6, 6.07) is 9.74. The molecule has 1 saturated heterocycles. The summed E-state index contributed by atoms with van der Waals surface area (Å²) in [6.45, 7) is 4.82. The molecule has 1 aromatic heterocycles. The molecule has 0 radical (unpaired) electrons. The zero-order valence-corrected chi connectivity index (χ0v) is 13.6. The van der Waals surface area contributed by atoms with Crippen LogP contribution in [0.5, 0.6) is 0 Å². The van der Waals surface area contributed by atoms with E-state index in [2.05, 4.69) is 17.1 Å². The van der Waals surface area contributed by atoms with Crippen molar-refractivity contribution < 1.29 is 9.90 Å². The van der Waals surface area contributed by atoms with E-state index in [4.69, 9.17) is 0 Å². The number of hydrogen-bond acceptors (Lipinski definition) is 3. The first-order valence-electron chi connectivity index (χ1n) is 8.14. The summed E-state index contributed by atoms with van der Waals surface area (Å²) in [5.74, 6) is 0.235. The number of benzene rings is 1. The van der Waals surface area contributed by atoms with Gasteiger partial charge in [0.15, 0.2) is 0 Å². The largest absolute Gasteiger partial charge is 0.394 e. The van der Waals surface area contributed by atoms with E-state index in [1.165, 1.54) is 5.56 Å². The summed E-state index contributed by atoms with van der Waals surface area (Å²) < 4.78 is 0. The van der Waals surface area contributed by atoms with E-state index in [1.54, 1.807) is 11.0 Å². The monoisotopic (exact) mass is 313 g/mol. The van der Waals surface area contributed by atoms with Gasteiger partial charge in [-0.1, -0.05) is 36.8 Å². The van der Waals surface area contributed by atoms with Crippen LogP contribution in [0.3, 0.4) is 0 Å². The van der Waals surface area contributed by atoms with Gasteiger partial charge in [-0.25, -0.2) is 0 Å². The quantitative estimate of drug-likeness (QED) is 0.915. The number of hydrogen-bond donors (Lipinski definition) is 2. The number of aromatic nitrogens is 2. The molecule has 1 aliphatic rings. The van der Waals surface area contributed by atoms with Crippen LogP contribution >= 0.6 is 0 Å². The number of nitrogens with one attached hydrogen (secondary N) is 1. The maximum Gasteiger partial charge on any atom is 0.272 e. The minimum absolute atomic E-state index is 0.00582. The lowest BCUT2D eigenvalue weighted by atomic mass is 9.91. The molecule has 2 unspecified atom stereocenters. The van der Waals surface area contributed by atoms with Gasteiger partial charge in [-0.2, -0.15) is 5.10 Å². The summed E-state index contributed by atoms with van der Waals surface area (Å²) in [5, 5.41) is 16.7. The molecule has 23 heavy (non-hydrogen) atoms. The van der Waals surface area contributed by atoms with E-state index >= 15 is 0 Å². The fourth-order valence-electron chi connectivity index (χ4n) is 3.24. The predicted octanol–water partition coefficient (Wildman–Crippen LogP) is 2.62. The van der Waals surface area contributed by atoms with E-state index < -0.39 is 0 Å². The second kappa shape index (κ2) is 6.54. The number of piperidine rings is 1. The Bertz CT molecular complexity index is 678. The smallest absolute Gasteiger partial charge is 0.272 e. The number of aromatic amines is 1. The summed E-state index contributed by atoms with van der Waals surface area (Å²) >= 11 is 0. The lowest BCUT2D eigenvalue weighted by Gasteiger charge is -2.38. The molecule has 0 aliphatic carbocycles. The van der Waals surface area contributed by atoms with Crippen molar-refractivity contribution in [2.75, 3.05) is 13.2 Å². The van der Waals surface area contributed by atoms with Crippen molar-refractivity contribution in [2.24, 2.45) is 5.92 Å². The van der Waals surface area contributed by atoms with Gasteiger partial charge in [0.25, 0.3) is 5.91 Å². The van der Waals surface area contributed by atoms with Gasteiger partial charge in [-0.3, -0.25) is 9.89 Å². The van der Waals surface area contributed by atoms with Crippen LogP contribution in [0.2, 0.25) is 0 Å². The summed E-state index contributed by atoms with van der Waals surface area (Å²) in [6.07, 6.45) is 2.02. The second-order valence-electron chi connectivity index (χ2n) is 6.40. The van der Waals surface area contributed by atoms with Crippen molar-refractivity contribution in [2.45, 2.75) is 32.7 Å². The van der Waals surface area contributed by atoms with E-state index in [0.29, 0.717) is 18.2 Å². The highest BCUT2D eigenvalue weighted by Crippen LogP contribution is 2.25. The lowest BCUT2D eigenvalue weighted by molar-refractivity contribution is 0.0353. The van der Waals surface area contributed by atoms with Crippen LogP contribution in [0.4, 0.5) is 0 Å². The molecule has 0 saturated carbocycles. The first-order valence-corrected chi connectivity index (χ1v) is 8.14. The zero-order chi connectivity index (χ0) is 16.4. The van der Waals surface area contributed by atoms with Gasteiger partial charge in [0.1, 0.15) is 5.69 Å². The fraction of sp³-hybridized carbons (Fsp3) is 0.444. The van der Waals surface area contributed by atoms with Gasteiger partial charge in [0, 0.05) is 12.1 Å². The normalized spacial score (nSPS) is 21.4. The Morgan fingerprint density at radius 2 is 2.13 bits per heavy atom. The number of aliphatic hydroxyl groups is 1. The van der Waals surface area contributed by atoms with Crippen LogP contribution in [0.15, 0.2) is 30.3 Å². The van der Waals surface area contributed by atoms with Crippen LogP contribution < -0.4 is 0 Å². The molecule has 122 valence electrons. The summed E-state index contributed by atoms with van der Waals surface area (Å²) in [5.41, 5.74) is 3.41. The highest BCUT2D eigenvalue weighted by molar-refractivity contribution is 5.93.